The van der Waals surface area contributed by atoms with Crippen LogP contribution in [0.4, 0.5) is 8.78 Å². The fraction of sp³-hybridized carbons (Fsp3) is 0.542. The molecule has 206 valence electrons. The van der Waals surface area contributed by atoms with Crippen molar-refractivity contribution in [1.82, 2.24) is 15.2 Å². The number of benzene rings is 1. The van der Waals surface area contributed by atoms with Crippen LogP contribution < -0.4 is 20.5 Å². The molecule has 4 rings (SSSR count). The van der Waals surface area contributed by atoms with Gasteiger partial charge < -0.3 is 34.6 Å². The van der Waals surface area contributed by atoms with Crippen molar-refractivity contribution in [2.45, 2.75) is 45.4 Å². The second-order valence-corrected chi connectivity index (χ2v) is 8.70. The third kappa shape index (κ3) is 8.27. The van der Waals surface area contributed by atoms with E-state index in [0.29, 0.717) is 44.2 Å². The second-order valence-electron chi connectivity index (χ2n) is 8.70. The van der Waals surface area contributed by atoms with Crippen LogP contribution in [0, 0.1) is 5.92 Å². The molecular weight excluding hydrogens is 514 g/mol. The molecule has 2 fully saturated rings. The number of nitrogens with one attached hydrogen (secondary N) is 1. The number of alkyl halides is 2. The molecule has 0 radical (unpaired) electrons. The van der Waals surface area contributed by atoms with Crippen LogP contribution in [0.3, 0.4) is 0 Å². The number of methoxy groups -OCH3 is 1. The summed E-state index contributed by atoms with van der Waals surface area (Å²) < 4.78 is 45.7. The van der Waals surface area contributed by atoms with Crippen molar-refractivity contribution in [3.05, 3.63) is 29.7 Å². The summed E-state index contributed by atoms with van der Waals surface area (Å²) in [5.74, 6) is 0.749. The highest BCUT2D eigenvalue weighted by Crippen LogP contribution is 2.37. The second kappa shape index (κ2) is 14.1. The van der Waals surface area contributed by atoms with Crippen molar-refractivity contribution in [2.24, 2.45) is 11.7 Å². The lowest BCUT2D eigenvalue weighted by Crippen LogP contribution is -2.52. The lowest BCUT2D eigenvalue weighted by molar-refractivity contribution is -0.126. The SMILES string of the molecule is CC(N)c1oc(-c2ccc(OC(F)F)c(OCC3CC3)c2)nc1C(=O)N1CCNCC1C.COC=O.Cl. The third-order valence-electron chi connectivity index (χ3n) is 5.71. The summed E-state index contributed by atoms with van der Waals surface area (Å²) in [5, 5.41) is 3.25. The van der Waals surface area contributed by atoms with E-state index in [-0.39, 0.29) is 53.2 Å². The van der Waals surface area contributed by atoms with Crippen LogP contribution in [-0.4, -0.2) is 68.3 Å². The van der Waals surface area contributed by atoms with Gasteiger partial charge in [0.1, 0.15) is 0 Å². The number of hydrogen-bond acceptors (Lipinski definition) is 9. The van der Waals surface area contributed by atoms with Crippen molar-refractivity contribution < 1.29 is 37.0 Å². The Labute approximate surface area is 220 Å². The Balaban J connectivity index is 0.000000898. The first-order chi connectivity index (χ1) is 17.2. The Hall–Kier alpha value is -2.96. The Bertz CT molecular complexity index is 1030. The molecule has 2 heterocycles. The van der Waals surface area contributed by atoms with Gasteiger partial charge in [-0.05, 0) is 50.8 Å². The van der Waals surface area contributed by atoms with E-state index in [0.717, 1.165) is 12.8 Å². The maximum Gasteiger partial charge on any atom is 0.387 e. The molecule has 1 aliphatic heterocycles. The number of nitrogens with two attached hydrogens (primary N) is 1. The molecule has 1 saturated heterocycles. The quantitative estimate of drug-likeness (QED) is 0.454. The summed E-state index contributed by atoms with van der Waals surface area (Å²) in [6, 6.07) is 3.92. The van der Waals surface area contributed by atoms with E-state index < -0.39 is 12.7 Å². The monoisotopic (exact) mass is 546 g/mol. The number of hydrogen-bond donors (Lipinski definition) is 2. The van der Waals surface area contributed by atoms with Crippen molar-refractivity contribution in [2.75, 3.05) is 33.4 Å². The normalized spacial score (nSPS) is 17.7. The van der Waals surface area contributed by atoms with Gasteiger partial charge >= 0.3 is 6.61 Å². The highest BCUT2D eigenvalue weighted by atomic mass is 35.5. The van der Waals surface area contributed by atoms with E-state index in [1.165, 1.54) is 13.2 Å². The van der Waals surface area contributed by atoms with Crippen LogP contribution in [-0.2, 0) is 9.53 Å². The molecule has 1 amide bonds. The smallest absolute Gasteiger partial charge is 0.387 e. The number of carbonyl (C=O) groups excluding carboxylic acids is 2. The number of nitrogens with zero attached hydrogens (tertiary/aromatic N) is 2. The first kappa shape index (κ1) is 30.3. The van der Waals surface area contributed by atoms with Crippen molar-refractivity contribution in [1.29, 1.82) is 0 Å². The first-order valence-corrected chi connectivity index (χ1v) is 11.7. The van der Waals surface area contributed by atoms with Gasteiger partial charge in [-0.3, -0.25) is 9.59 Å². The van der Waals surface area contributed by atoms with Crippen LogP contribution in [0.25, 0.3) is 11.5 Å². The molecule has 0 bridgehead atoms. The van der Waals surface area contributed by atoms with Gasteiger partial charge in [0.25, 0.3) is 12.4 Å². The zero-order valence-electron chi connectivity index (χ0n) is 20.9. The Morgan fingerprint density at radius 2 is 2.05 bits per heavy atom. The largest absolute Gasteiger partial charge is 0.489 e. The number of oxazole rings is 1. The molecule has 13 heteroatoms. The van der Waals surface area contributed by atoms with E-state index in [4.69, 9.17) is 19.7 Å². The summed E-state index contributed by atoms with van der Waals surface area (Å²) >= 11 is 0. The Morgan fingerprint density at radius 1 is 1.35 bits per heavy atom. The van der Waals surface area contributed by atoms with Gasteiger partial charge in [-0.1, -0.05) is 0 Å². The zero-order chi connectivity index (χ0) is 26.2. The van der Waals surface area contributed by atoms with E-state index in [2.05, 4.69) is 19.8 Å². The van der Waals surface area contributed by atoms with Crippen LogP contribution in [0.15, 0.2) is 22.6 Å². The molecule has 0 spiro atoms. The number of carbonyl (C=O) groups is 2. The summed E-state index contributed by atoms with van der Waals surface area (Å²) in [5.41, 5.74) is 6.70. The average molecular weight is 547 g/mol. The summed E-state index contributed by atoms with van der Waals surface area (Å²) in [4.78, 5) is 28.3. The average Bonchev–Trinajstić information content (AvgIpc) is 3.58. The Kier molecular flexibility index (Phi) is 11.5. The van der Waals surface area contributed by atoms with E-state index in [9.17, 15) is 13.6 Å². The zero-order valence-corrected chi connectivity index (χ0v) is 21.8. The fourth-order valence-electron chi connectivity index (χ4n) is 3.64. The maximum absolute atomic E-state index is 13.2. The van der Waals surface area contributed by atoms with Crippen molar-refractivity contribution in [3.8, 4) is 23.0 Å². The van der Waals surface area contributed by atoms with Gasteiger partial charge in [-0.15, -0.1) is 12.4 Å². The Morgan fingerprint density at radius 3 is 2.62 bits per heavy atom. The molecule has 2 aromatic rings. The number of rotatable bonds is 9. The van der Waals surface area contributed by atoms with Crippen molar-refractivity contribution in [3.63, 3.8) is 0 Å². The fourth-order valence-corrected chi connectivity index (χ4v) is 3.64. The third-order valence-corrected chi connectivity index (χ3v) is 5.71. The summed E-state index contributed by atoms with van der Waals surface area (Å²) in [6.07, 6.45) is 2.11. The molecule has 2 unspecified atom stereocenters. The van der Waals surface area contributed by atoms with Crippen LogP contribution in [0.2, 0.25) is 0 Å². The number of halogens is 3. The number of amides is 1. The first-order valence-electron chi connectivity index (χ1n) is 11.7. The predicted octanol–water partition coefficient (Wildman–Crippen LogP) is 3.40. The standard InChI is InChI=1S/C22H28F2N4O4.C2H4O2.ClH/c1-12-10-26-7-8-28(12)21(29)18-19(13(2)25)32-20(27-18)15-5-6-16(31-22(23)24)17(9-15)30-11-14-3-4-14;1-4-2-3;/h5-6,9,12-14,22,26H,3-4,7-8,10-11,25H2,1-2H3;2H,1H3;1H. The minimum Gasteiger partial charge on any atom is -0.489 e. The molecule has 37 heavy (non-hydrogen) atoms. The van der Waals surface area contributed by atoms with Gasteiger partial charge in [-0.2, -0.15) is 8.78 Å². The lowest BCUT2D eigenvalue weighted by Gasteiger charge is -2.33. The van der Waals surface area contributed by atoms with E-state index in [1.807, 2.05) is 6.92 Å². The van der Waals surface area contributed by atoms with E-state index in [1.54, 1.807) is 24.0 Å². The molecule has 1 aliphatic carbocycles. The van der Waals surface area contributed by atoms with Gasteiger partial charge in [0.2, 0.25) is 5.89 Å². The van der Waals surface area contributed by atoms with Gasteiger partial charge in [-0.25, -0.2) is 4.98 Å². The van der Waals surface area contributed by atoms with Gasteiger partial charge in [0, 0.05) is 31.2 Å². The summed E-state index contributed by atoms with van der Waals surface area (Å²) in [6.45, 7) is 3.44. The predicted molar refractivity (Wildman–Crippen MR) is 133 cm³/mol. The van der Waals surface area contributed by atoms with E-state index >= 15 is 0 Å². The maximum atomic E-state index is 13.2. The number of ether oxygens (including phenoxy) is 3. The lowest BCUT2D eigenvalue weighted by atomic mass is 10.1. The number of piperazine rings is 1. The van der Waals surface area contributed by atoms with Crippen molar-refractivity contribution >= 4 is 24.8 Å². The van der Waals surface area contributed by atoms with Crippen LogP contribution >= 0.6 is 12.4 Å². The highest BCUT2D eigenvalue weighted by molar-refractivity contribution is 5.94. The molecule has 2 atom stereocenters. The van der Waals surface area contributed by atoms with Gasteiger partial charge in [0.05, 0.1) is 19.8 Å². The molecule has 1 aromatic heterocycles. The minimum atomic E-state index is -2.97. The molecule has 1 saturated carbocycles. The van der Waals surface area contributed by atoms with Crippen LogP contribution in [0.5, 0.6) is 11.5 Å². The number of aromatic nitrogens is 1. The highest BCUT2D eigenvalue weighted by Gasteiger charge is 2.31. The molecular formula is C24H33ClF2N4O6. The molecule has 2 aliphatic rings. The molecule has 1 aromatic carbocycles. The minimum absolute atomic E-state index is 0. The molecule has 3 N–H and O–H groups in total. The van der Waals surface area contributed by atoms with Gasteiger partial charge in [0.15, 0.2) is 23.0 Å². The summed E-state index contributed by atoms with van der Waals surface area (Å²) in [7, 11) is 1.31. The van der Waals surface area contributed by atoms with Crippen LogP contribution in [0.1, 0.15) is 49.0 Å². The molecule has 10 nitrogen and oxygen atoms in total. The topological polar surface area (TPSA) is 129 Å².